The zero-order valence-corrected chi connectivity index (χ0v) is 14.7. The number of hydrogen-bond donors (Lipinski definition) is 1. The third-order valence-corrected chi connectivity index (χ3v) is 4.95. The maximum atomic E-state index is 12.6. The molecule has 0 amide bonds. The molecule has 1 aliphatic heterocycles. The molecule has 2 aromatic carbocycles. The molecule has 0 fully saturated rings. The van der Waals surface area contributed by atoms with Crippen molar-refractivity contribution in [3.8, 4) is 0 Å². The molecule has 0 unspecified atom stereocenters. The molecular formula is C20H20ClN3O. The first-order valence-corrected chi connectivity index (χ1v) is 8.88. The van der Waals surface area contributed by atoms with Crippen molar-refractivity contribution in [1.82, 2.24) is 14.7 Å². The summed E-state index contributed by atoms with van der Waals surface area (Å²) in [6.45, 7) is 3.12. The van der Waals surface area contributed by atoms with Crippen LogP contribution in [0.15, 0.2) is 59.4 Å². The summed E-state index contributed by atoms with van der Waals surface area (Å²) >= 11 is 5.95. The maximum absolute atomic E-state index is 12.6. The molecule has 4 rings (SSSR count). The molecule has 128 valence electrons. The number of fused-ring (bicyclic) bond motifs is 1. The Morgan fingerprint density at radius 2 is 1.68 bits per heavy atom. The van der Waals surface area contributed by atoms with Crippen molar-refractivity contribution in [3.05, 3.63) is 92.4 Å². The molecule has 0 bridgehead atoms. The summed E-state index contributed by atoms with van der Waals surface area (Å²) in [6.07, 6.45) is 0.792. The van der Waals surface area contributed by atoms with E-state index in [1.54, 1.807) is 4.68 Å². The number of hydrogen-bond acceptors (Lipinski definition) is 2. The van der Waals surface area contributed by atoms with Crippen LogP contribution < -0.4 is 5.56 Å². The van der Waals surface area contributed by atoms with Crippen LogP contribution in [0.2, 0.25) is 5.02 Å². The van der Waals surface area contributed by atoms with Crippen LogP contribution in [0.5, 0.6) is 0 Å². The van der Waals surface area contributed by atoms with Crippen LogP contribution >= 0.6 is 11.6 Å². The SMILES string of the molecule is O=c1c2c([nH]n1Cc1ccccc1)CN(Cc1ccc(Cl)cc1)CC2. The molecule has 0 aliphatic carbocycles. The molecule has 2 heterocycles. The Hall–Kier alpha value is -2.30. The minimum absolute atomic E-state index is 0.116. The highest BCUT2D eigenvalue weighted by molar-refractivity contribution is 6.30. The fourth-order valence-electron chi connectivity index (χ4n) is 3.39. The van der Waals surface area contributed by atoms with Gasteiger partial charge in [-0.25, -0.2) is 4.68 Å². The van der Waals surface area contributed by atoms with Gasteiger partial charge in [0.2, 0.25) is 0 Å². The van der Waals surface area contributed by atoms with Crippen molar-refractivity contribution in [2.75, 3.05) is 6.54 Å². The van der Waals surface area contributed by atoms with Crippen LogP contribution in [0.3, 0.4) is 0 Å². The van der Waals surface area contributed by atoms with E-state index < -0.39 is 0 Å². The first-order valence-electron chi connectivity index (χ1n) is 8.50. The molecular weight excluding hydrogens is 334 g/mol. The second-order valence-corrected chi connectivity index (χ2v) is 6.97. The summed E-state index contributed by atoms with van der Waals surface area (Å²) in [6, 6.07) is 18.0. The van der Waals surface area contributed by atoms with Crippen molar-refractivity contribution >= 4 is 11.6 Å². The van der Waals surface area contributed by atoms with Crippen molar-refractivity contribution in [2.45, 2.75) is 26.1 Å². The molecule has 5 heteroatoms. The highest BCUT2D eigenvalue weighted by Crippen LogP contribution is 2.18. The Morgan fingerprint density at radius 3 is 2.44 bits per heavy atom. The van der Waals surface area contributed by atoms with Gasteiger partial charge in [-0.1, -0.05) is 54.1 Å². The largest absolute Gasteiger partial charge is 0.298 e. The lowest BCUT2D eigenvalue weighted by Crippen LogP contribution is -2.31. The first-order chi connectivity index (χ1) is 12.2. The van der Waals surface area contributed by atoms with E-state index in [9.17, 15) is 4.79 Å². The predicted molar refractivity (Wildman–Crippen MR) is 99.9 cm³/mol. The summed E-state index contributed by atoms with van der Waals surface area (Å²) in [5, 5.41) is 4.07. The monoisotopic (exact) mass is 353 g/mol. The van der Waals surface area contributed by atoms with Gasteiger partial charge in [0.25, 0.3) is 5.56 Å². The molecule has 0 radical (unpaired) electrons. The zero-order valence-electron chi connectivity index (χ0n) is 13.9. The summed E-state index contributed by atoms with van der Waals surface area (Å²) in [5.74, 6) is 0. The van der Waals surface area contributed by atoms with Gasteiger partial charge >= 0.3 is 0 Å². The summed E-state index contributed by atoms with van der Waals surface area (Å²) in [4.78, 5) is 15.0. The molecule has 4 nitrogen and oxygen atoms in total. The molecule has 3 aromatic rings. The molecule has 1 N–H and O–H groups in total. The highest BCUT2D eigenvalue weighted by atomic mass is 35.5. The average Bonchev–Trinajstić information content (AvgIpc) is 2.93. The van der Waals surface area contributed by atoms with E-state index in [1.807, 2.05) is 42.5 Å². The van der Waals surface area contributed by atoms with Gasteiger partial charge in [-0.05, 0) is 29.7 Å². The number of aromatic amines is 1. The van der Waals surface area contributed by atoms with E-state index in [0.717, 1.165) is 47.9 Å². The fourth-order valence-corrected chi connectivity index (χ4v) is 3.52. The van der Waals surface area contributed by atoms with E-state index >= 15 is 0 Å². The van der Waals surface area contributed by atoms with E-state index in [1.165, 1.54) is 5.56 Å². The Bertz CT molecular complexity index is 912. The molecule has 0 spiro atoms. The number of H-pyrrole nitrogens is 1. The van der Waals surface area contributed by atoms with Gasteiger partial charge in [-0.3, -0.25) is 14.8 Å². The summed E-state index contributed by atoms with van der Waals surface area (Å²) in [5.41, 5.74) is 4.45. The first kappa shape index (κ1) is 16.2. The average molecular weight is 354 g/mol. The third kappa shape index (κ3) is 3.55. The third-order valence-electron chi connectivity index (χ3n) is 4.70. The second-order valence-electron chi connectivity index (χ2n) is 6.53. The zero-order chi connectivity index (χ0) is 17.2. The molecule has 1 aliphatic rings. The van der Waals surface area contributed by atoms with Crippen LogP contribution in [0.1, 0.15) is 22.4 Å². The highest BCUT2D eigenvalue weighted by Gasteiger charge is 2.22. The topological polar surface area (TPSA) is 41.0 Å². The number of aromatic nitrogens is 2. The lowest BCUT2D eigenvalue weighted by atomic mass is 10.1. The minimum atomic E-state index is 0.116. The second kappa shape index (κ2) is 6.90. The number of benzene rings is 2. The van der Waals surface area contributed by atoms with Crippen molar-refractivity contribution in [3.63, 3.8) is 0 Å². The van der Waals surface area contributed by atoms with Crippen LogP contribution in [0.4, 0.5) is 0 Å². The van der Waals surface area contributed by atoms with Gasteiger partial charge < -0.3 is 0 Å². The number of nitrogens with zero attached hydrogens (tertiary/aromatic N) is 2. The van der Waals surface area contributed by atoms with Gasteiger partial charge in [0.15, 0.2) is 0 Å². The van der Waals surface area contributed by atoms with Crippen LogP contribution in [0.25, 0.3) is 0 Å². The van der Waals surface area contributed by atoms with E-state index in [0.29, 0.717) is 6.54 Å². The number of nitrogens with one attached hydrogen (secondary N) is 1. The van der Waals surface area contributed by atoms with Gasteiger partial charge in [0.05, 0.1) is 12.2 Å². The minimum Gasteiger partial charge on any atom is -0.298 e. The molecule has 0 saturated carbocycles. The van der Waals surface area contributed by atoms with Crippen LogP contribution in [-0.2, 0) is 26.1 Å². The lowest BCUT2D eigenvalue weighted by Gasteiger charge is -2.25. The van der Waals surface area contributed by atoms with E-state index in [4.69, 9.17) is 11.6 Å². The van der Waals surface area contributed by atoms with Crippen LogP contribution in [-0.4, -0.2) is 21.2 Å². The van der Waals surface area contributed by atoms with Gasteiger partial charge in [-0.15, -0.1) is 0 Å². The van der Waals surface area contributed by atoms with Crippen LogP contribution in [0, 0.1) is 0 Å². The summed E-state index contributed by atoms with van der Waals surface area (Å²) in [7, 11) is 0. The van der Waals surface area contributed by atoms with Gasteiger partial charge in [0.1, 0.15) is 0 Å². The van der Waals surface area contributed by atoms with Crippen molar-refractivity contribution in [1.29, 1.82) is 0 Å². The normalized spacial score (nSPS) is 14.4. The van der Waals surface area contributed by atoms with Gasteiger partial charge in [0, 0.05) is 30.2 Å². The van der Waals surface area contributed by atoms with Crippen molar-refractivity contribution in [2.24, 2.45) is 0 Å². The van der Waals surface area contributed by atoms with E-state index in [-0.39, 0.29) is 5.56 Å². The standard InChI is InChI=1S/C20H20ClN3O/c21-17-8-6-16(7-9-17)12-23-11-10-18-19(14-23)22-24(20(18)25)13-15-4-2-1-3-5-15/h1-9,22H,10-14H2. The number of rotatable bonds is 4. The van der Waals surface area contributed by atoms with Crippen molar-refractivity contribution < 1.29 is 0 Å². The Morgan fingerprint density at radius 1 is 0.960 bits per heavy atom. The predicted octanol–water partition coefficient (Wildman–Crippen LogP) is 3.44. The Labute approximate surface area is 151 Å². The quantitative estimate of drug-likeness (QED) is 0.780. The molecule has 1 aromatic heterocycles. The van der Waals surface area contributed by atoms with E-state index in [2.05, 4.69) is 22.1 Å². The number of halogens is 1. The summed E-state index contributed by atoms with van der Waals surface area (Å²) < 4.78 is 1.73. The maximum Gasteiger partial charge on any atom is 0.270 e. The lowest BCUT2D eigenvalue weighted by molar-refractivity contribution is 0.242. The fraction of sp³-hybridized carbons (Fsp3) is 0.250. The van der Waals surface area contributed by atoms with Gasteiger partial charge in [-0.2, -0.15) is 0 Å². The Balaban J connectivity index is 1.50. The molecule has 25 heavy (non-hydrogen) atoms. The smallest absolute Gasteiger partial charge is 0.270 e. The molecule has 0 atom stereocenters. The molecule has 0 saturated heterocycles. The Kier molecular flexibility index (Phi) is 4.47.